The highest BCUT2D eigenvalue weighted by molar-refractivity contribution is 7.92. The van der Waals surface area contributed by atoms with E-state index in [-0.39, 0.29) is 30.8 Å². The standard InChI is InChI=1S/C16H6Cl6N2O2S3/c17-15(18,19)13-23-11-7(27-13)3-1-5-9(11)29(25,26)10-6-2-4-8-12(10)24-14(28-8)16(20,21)22/h1-6H. The molecule has 0 unspecified atom stereocenters. The molecule has 29 heavy (non-hydrogen) atoms. The molecule has 4 rings (SSSR count). The zero-order valence-corrected chi connectivity index (χ0v) is 20.7. The third-order valence-corrected chi connectivity index (χ3v) is 9.67. The Morgan fingerprint density at radius 3 is 1.41 bits per heavy atom. The summed E-state index contributed by atoms with van der Waals surface area (Å²) >= 11 is 37.7. The number of thiazole rings is 2. The van der Waals surface area contributed by atoms with Crippen molar-refractivity contribution in [3.63, 3.8) is 0 Å². The van der Waals surface area contributed by atoms with Gasteiger partial charge >= 0.3 is 0 Å². The van der Waals surface area contributed by atoms with Gasteiger partial charge in [0.25, 0.3) is 0 Å². The first kappa shape index (κ1) is 22.1. The van der Waals surface area contributed by atoms with Crippen molar-refractivity contribution in [2.75, 3.05) is 0 Å². The van der Waals surface area contributed by atoms with Crippen LogP contribution in [0.15, 0.2) is 46.2 Å². The van der Waals surface area contributed by atoms with E-state index in [9.17, 15) is 8.42 Å². The van der Waals surface area contributed by atoms with Gasteiger partial charge in [-0.1, -0.05) is 81.7 Å². The smallest absolute Gasteiger partial charge is 0.235 e. The molecule has 2 aromatic carbocycles. The van der Waals surface area contributed by atoms with Crippen molar-refractivity contribution in [1.82, 2.24) is 9.97 Å². The van der Waals surface area contributed by atoms with Crippen molar-refractivity contribution in [3.8, 4) is 0 Å². The lowest BCUT2D eigenvalue weighted by atomic mass is 10.3. The lowest BCUT2D eigenvalue weighted by Crippen LogP contribution is -2.05. The molecule has 0 N–H and O–H groups in total. The van der Waals surface area contributed by atoms with E-state index in [1.165, 1.54) is 12.1 Å². The minimum Gasteiger partial charge on any atom is -0.235 e. The number of nitrogens with zero attached hydrogens (tertiary/aromatic N) is 2. The lowest BCUT2D eigenvalue weighted by Gasteiger charge is -2.07. The molecule has 0 spiro atoms. The van der Waals surface area contributed by atoms with Crippen LogP contribution >= 0.6 is 92.3 Å². The molecule has 0 atom stereocenters. The third kappa shape index (κ3) is 4.06. The molecular formula is C16H6Cl6N2O2S3. The Hall–Kier alpha value is -0.0900. The summed E-state index contributed by atoms with van der Waals surface area (Å²) in [5, 5.41) is 0.344. The zero-order valence-electron chi connectivity index (χ0n) is 13.7. The highest BCUT2D eigenvalue weighted by Crippen LogP contribution is 2.45. The maximum Gasteiger partial charge on any atom is 0.242 e. The van der Waals surface area contributed by atoms with E-state index in [1.807, 2.05) is 0 Å². The Kier molecular flexibility index (Phi) is 5.72. The van der Waals surface area contributed by atoms with E-state index in [0.717, 1.165) is 22.7 Å². The highest BCUT2D eigenvalue weighted by atomic mass is 35.6. The van der Waals surface area contributed by atoms with Crippen molar-refractivity contribution in [2.24, 2.45) is 0 Å². The summed E-state index contributed by atoms with van der Waals surface area (Å²) in [7, 11) is -4.03. The Balaban J connectivity index is 1.97. The second kappa shape index (κ2) is 7.50. The van der Waals surface area contributed by atoms with E-state index in [1.54, 1.807) is 24.3 Å². The molecule has 0 fully saturated rings. The number of halogens is 6. The van der Waals surface area contributed by atoms with Crippen LogP contribution in [0.2, 0.25) is 0 Å². The monoisotopic (exact) mass is 564 g/mol. The van der Waals surface area contributed by atoms with Gasteiger partial charge in [0.05, 0.1) is 19.2 Å². The topological polar surface area (TPSA) is 59.9 Å². The maximum atomic E-state index is 13.5. The van der Waals surface area contributed by atoms with Crippen LogP contribution in [0.25, 0.3) is 20.4 Å². The molecule has 0 bridgehead atoms. The Labute approximate surface area is 203 Å². The average Bonchev–Trinajstić information content (AvgIpc) is 3.24. The first-order valence-electron chi connectivity index (χ1n) is 7.57. The summed E-state index contributed by atoms with van der Waals surface area (Å²) in [6.45, 7) is 0. The summed E-state index contributed by atoms with van der Waals surface area (Å²) in [5.74, 6) is 0. The highest BCUT2D eigenvalue weighted by Gasteiger charge is 2.32. The van der Waals surface area contributed by atoms with Crippen LogP contribution in [0, 0.1) is 0 Å². The van der Waals surface area contributed by atoms with Gasteiger partial charge in [0, 0.05) is 0 Å². The van der Waals surface area contributed by atoms with Crippen molar-refractivity contribution in [2.45, 2.75) is 17.4 Å². The molecule has 0 aliphatic rings. The molecule has 0 saturated heterocycles. The van der Waals surface area contributed by atoms with Gasteiger partial charge in [-0.25, -0.2) is 18.4 Å². The number of rotatable bonds is 2. The van der Waals surface area contributed by atoms with Gasteiger partial charge in [-0.05, 0) is 24.3 Å². The second-order valence-electron chi connectivity index (χ2n) is 5.74. The number of fused-ring (bicyclic) bond motifs is 2. The summed E-state index contributed by atoms with van der Waals surface area (Å²) in [5.41, 5.74) is 0.431. The van der Waals surface area contributed by atoms with Crippen LogP contribution in [-0.2, 0) is 17.4 Å². The van der Waals surface area contributed by atoms with Gasteiger partial charge in [0.2, 0.25) is 17.4 Å². The van der Waals surface area contributed by atoms with Crippen LogP contribution in [0.4, 0.5) is 0 Å². The molecule has 0 amide bonds. The molecule has 2 heterocycles. The van der Waals surface area contributed by atoms with Gasteiger partial charge < -0.3 is 0 Å². The predicted molar refractivity (Wildman–Crippen MR) is 123 cm³/mol. The SMILES string of the molecule is O=S(=O)(c1cccc2sc(C(Cl)(Cl)Cl)nc12)c1cccc2sc(C(Cl)(Cl)Cl)nc12. The maximum absolute atomic E-state index is 13.5. The van der Waals surface area contributed by atoms with E-state index >= 15 is 0 Å². The fourth-order valence-corrected chi connectivity index (χ4v) is 7.01. The van der Waals surface area contributed by atoms with Crippen LogP contribution < -0.4 is 0 Å². The summed E-state index contributed by atoms with van der Waals surface area (Å²) in [4.78, 5) is 8.47. The number of para-hydroxylation sites is 2. The lowest BCUT2D eigenvalue weighted by molar-refractivity contribution is 0.597. The third-order valence-electron chi connectivity index (χ3n) is 3.83. The van der Waals surface area contributed by atoms with Gasteiger partial charge in [-0.2, -0.15) is 0 Å². The van der Waals surface area contributed by atoms with E-state index in [4.69, 9.17) is 69.6 Å². The number of aromatic nitrogens is 2. The minimum absolute atomic E-state index is 0.0253. The van der Waals surface area contributed by atoms with E-state index in [0.29, 0.717) is 9.40 Å². The fourth-order valence-electron chi connectivity index (χ4n) is 2.64. The Bertz CT molecular complexity index is 1250. The van der Waals surface area contributed by atoms with Crippen LogP contribution in [0.5, 0.6) is 0 Å². The van der Waals surface area contributed by atoms with Crippen LogP contribution in [-0.4, -0.2) is 18.4 Å². The second-order valence-corrected chi connectivity index (χ2v) is 14.3. The molecule has 4 nitrogen and oxygen atoms in total. The van der Waals surface area contributed by atoms with Gasteiger partial charge in [-0.3, -0.25) is 0 Å². The van der Waals surface area contributed by atoms with E-state index in [2.05, 4.69) is 9.97 Å². The molecule has 0 radical (unpaired) electrons. The van der Waals surface area contributed by atoms with Gasteiger partial charge in [-0.15, -0.1) is 22.7 Å². The van der Waals surface area contributed by atoms with Crippen LogP contribution in [0.1, 0.15) is 10.0 Å². The first-order chi connectivity index (χ1) is 13.4. The first-order valence-corrected chi connectivity index (χ1v) is 13.0. The van der Waals surface area contributed by atoms with Gasteiger partial charge in [0.1, 0.15) is 21.0 Å². The van der Waals surface area contributed by atoms with Crippen molar-refractivity contribution in [1.29, 1.82) is 0 Å². The zero-order chi connectivity index (χ0) is 21.2. The number of alkyl halides is 6. The molecule has 0 saturated carbocycles. The van der Waals surface area contributed by atoms with E-state index < -0.39 is 17.4 Å². The number of benzene rings is 2. The number of hydrogen-bond acceptors (Lipinski definition) is 6. The quantitative estimate of drug-likeness (QED) is 0.237. The van der Waals surface area contributed by atoms with Crippen molar-refractivity contribution in [3.05, 3.63) is 46.4 Å². The molecule has 13 heteroatoms. The molecule has 0 aliphatic carbocycles. The van der Waals surface area contributed by atoms with Crippen molar-refractivity contribution >= 4 is 123 Å². The molecule has 2 aromatic heterocycles. The number of sulfone groups is 1. The van der Waals surface area contributed by atoms with Gasteiger partial charge in [0.15, 0.2) is 0 Å². The fraction of sp³-hybridized carbons (Fsp3) is 0.125. The normalized spacial score (nSPS) is 13.4. The van der Waals surface area contributed by atoms with Crippen molar-refractivity contribution < 1.29 is 8.42 Å². The largest absolute Gasteiger partial charge is 0.242 e. The molecule has 152 valence electrons. The molecular weight excluding hydrogens is 561 g/mol. The predicted octanol–water partition coefficient (Wildman–Crippen LogP) is 7.39. The Morgan fingerprint density at radius 2 is 1.07 bits per heavy atom. The molecule has 0 aliphatic heterocycles. The summed E-state index contributed by atoms with van der Waals surface area (Å²) < 4.78 is 24.6. The minimum atomic E-state index is -4.03. The molecule has 4 aromatic rings. The summed E-state index contributed by atoms with van der Waals surface area (Å²) in [6, 6.07) is 9.50. The summed E-state index contributed by atoms with van der Waals surface area (Å²) in [6.07, 6.45) is 0. The average molecular weight is 567 g/mol. The Morgan fingerprint density at radius 1 is 0.690 bits per heavy atom. The number of hydrogen-bond donors (Lipinski definition) is 0. The van der Waals surface area contributed by atoms with Crippen LogP contribution in [0.3, 0.4) is 0 Å².